The molecule has 2 aliphatic heterocycles. The lowest BCUT2D eigenvalue weighted by molar-refractivity contribution is -0.274. The summed E-state index contributed by atoms with van der Waals surface area (Å²) in [5.41, 5.74) is 8.16. The number of nitrogens with one attached hydrogen (secondary N) is 2. The average Bonchev–Trinajstić information content (AvgIpc) is 3.58. The highest BCUT2D eigenvalue weighted by Crippen LogP contribution is 2.34. The maximum atomic E-state index is 13.0. The maximum absolute atomic E-state index is 13.0. The standard InChI is InChI=1S/C29H28ClF3N4O2.C26H24F3N5/c1-2-25-27(37-18-22(30)7-12-26(37)35-25)28(38)34-17-19-3-8-23(9-4-19)36-15-13-21(14-16-36)20-5-10-24(11-6-20)39-29(31,32)33;27-26(28,29)19-6-10-21(11-7-19)33-14-3-15-34(17-16-33)22-12-8-20(9-13-22)32-25-23-4-1-2-5-24(23)30-18-31-25/h3-12,18,21H,2,13-17H2,1H3,(H,34,38);1-2,4-13,18H,3,14-17H2,(H,30,31,32). The molecule has 0 unspecified atom stereocenters. The van der Waals surface area contributed by atoms with Crippen molar-refractivity contribution in [2.45, 2.75) is 57.6 Å². The van der Waals surface area contributed by atoms with E-state index in [0.717, 1.165) is 127 Å². The lowest BCUT2D eigenvalue weighted by Crippen LogP contribution is -2.32. The van der Waals surface area contributed by atoms with Gasteiger partial charge in [0, 0.05) is 80.1 Å². The normalized spacial score (nSPS) is 14.7. The van der Waals surface area contributed by atoms with Crippen LogP contribution in [0.3, 0.4) is 0 Å². The molecule has 2 saturated heterocycles. The molecule has 8 aromatic rings. The molecule has 0 aliphatic carbocycles. The van der Waals surface area contributed by atoms with E-state index in [1.54, 1.807) is 53.3 Å². The summed E-state index contributed by atoms with van der Waals surface area (Å²) < 4.78 is 81.5. The molecular formula is C55H52ClF6N9O2. The van der Waals surface area contributed by atoms with Crippen LogP contribution in [0.1, 0.15) is 65.0 Å². The predicted octanol–water partition coefficient (Wildman–Crippen LogP) is 12.9. The summed E-state index contributed by atoms with van der Waals surface area (Å²) in [5.74, 6) is 0.651. The number of rotatable bonds is 11. The van der Waals surface area contributed by atoms with Crippen LogP contribution in [0.5, 0.6) is 5.75 Å². The SMILES string of the molecule is CCc1nc2ccc(Cl)cn2c1C(=O)NCc1ccc(N2CCC(c3ccc(OC(F)(F)F)cc3)CC2)cc1.FC(F)(F)c1ccc(N2CCCN(c3ccc(Nc4ncnc5ccccc45)cc3)CC2)cc1. The fourth-order valence-electron chi connectivity index (χ4n) is 9.35. The Morgan fingerprint density at radius 2 is 1.33 bits per heavy atom. The molecule has 0 atom stereocenters. The molecule has 0 radical (unpaired) electrons. The van der Waals surface area contributed by atoms with E-state index in [9.17, 15) is 31.1 Å². The van der Waals surface area contributed by atoms with Gasteiger partial charge in [-0.1, -0.05) is 54.9 Å². The number of carbonyl (C=O) groups excluding carboxylic acids is 1. The highest BCUT2D eigenvalue weighted by Gasteiger charge is 2.32. The number of pyridine rings is 1. The van der Waals surface area contributed by atoms with Crippen molar-refractivity contribution in [3.8, 4) is 5.75 Å². The van der Waals surface area contributed by atoms with Gasteiger partial charge >= 0.3 is 12.5 Å². The van der Waals surface area contributed by atoms with E-state index in [1.165, 1.54) is 12.1 Å². The summed E-state index contributed by atoms with van der Waals surface area (Å²) in [7, 11) is 0. The van der Waals surface area contributed by atoms with Crippen LogP contribution in [0.2, 0.25) is 5.02 Å². The van der Waals surface area contributed by atoms with E-state index in [-0.39, 0.29) is 17.6 Å². The fourth-order valence-corrected chi connectivity index (χ4v) is 9.51. The van der Waals surface area contributed by atoms with E-state index in [0.29, 0.717) is 29.3 Å². The topological polar surface area (TPSA) is 103 Å². The highest BCUT2D eigenvalue weighted by atomic mass is 35.5. The van der Waals surface area contributed by atoms with E-state index >= 15 is 0 Å². The molecule has 73 heavy (non-hydrogen) atoms. The summed E-state index contributed by atoms with van der Waals surface area (Å²) in [6, 6.07) is 39.4. The first-order chi connectivity index (χ1) is 35.2. The lowest BCUT2D eigenvalue weighted by atomic mass is 9.89. The minimum atomic E-state index is -4.68. The molecule has 1 amide bonds. The third-order valence-electron chi connectivity index (χ3n) is 13.1. The van der Waals surface area contributed by atoms with E-state index in [1.807, 2.05) is 55.5 Å². The van der Waals surface area contributed by atoms with Gasteiger partial charge in [-0.2, -0.15) is 13.2 Å². The van der Waals surface area contributed by atoms with Crippen molar-refractivity contribution in [1.82, 2.24) is 24.7 Å². The van der Waals surface area contributed by atoms with Gasteiger partial charge in [-0.3, -0.25) is 9.20 Å². The van der Waals surface area contributed by atoms with Crippen molar-refractivity contribution < 1.29 is 35.9 Å². The van der Waals surface area contributed by atoms with Gasteiger partial charge in [0.15, 0.2) is 0 Å². The van der Waals surface area contributed by atoms with E-state index < -0.39 is 18.1 Å². The number of hydrogen-bond donors (Lipinski definition) is 2. The number of aryl methyl sites for hydroxylation is 1. The van der Waals surface area contributed by atoms with Crippen LogP contribution < -0.4 is 30.1 Å². The third kappa shape index (κ3) is 12.6. The van der Waals surface area contributed by atoms with Crippen molar-refractivity contribution in [3.63, 3.8) is 0 Å². The van der Waals surface area contributed by atoms with Gasteiger partial charge in [0.1, 0.15) is 29.2 Å². The number of aromatic nitrogens is 4. The fraction of sp³-hybridized carbons (Fsp3) is 0.273. The Kier molecular flexibility index (Phi) is 15.2. The Hall–Kier alpha value is -7.53. The molecule has 10 rings (SSSR count). The number of carbonyl (C=O) groups is 1. The van der Waals surface area contributed by atoms with Crippen LogP contribution in [0.25, 0.3) is 16.6 Å². The molecule has 3 aromatic heterocycles. The molecule has 5 aromatic carbocycles. The number of para-hydroxylation sites is 1. The molecule has 0 saturated carbocycles. The Morgan fingerprint density at radius 3 is 1.96 bits per heavy atom. The van der Waals surface area contributed by atoms with Gasteiger partial charge < -0.3 is 30.1 Å². The van der Waals surface area contributed by atoms with E-state index in [4.69, 9.17) is 11.6 Å². The Morgan fingerprint density at radius 1 is 0.712 bits per heavy atom. The summed E-state index contributed by atoms with van der Waals surface area (Å²) in [5, 5.41) is 7.87. The molecule has 378 valence electrons. The van der Waals surface area contributed by atoms with Gasteiger partial charge in [0.05, 0.1) is 21.8 Å². The second-order valence-corrected chi connectivity index (χ2v) is 18.3. The van der Waals surface area contributed by atoms with Gasteiger partial charge in [-0.25, -0.2) is 15.0 Å². The van der Waals surface area contributed by atoms with Gasteiger partial charge in [0.25, 0.3) is 5.91 Å². The van der Waals surface area contributed by atoms with E-state index in [2.05, 4.69) is 69.3 Å². The molecule has 0 spiro atoms. The van der Waals surface area contributed by atoms with Crippen LogP contribution in [-0.4, -0.2) is 70.9 Å². The predicted molar refractivity (Wildman–Crippen MR) is 274 cm³/mol. The number of anilines is 5. The van der Waals surface area contributed by atoms with Gasteiger partial charge in [-0.05, 0) is 140 Å². The van der Waals surface area contributed by atoms with Crippen molar-refractivity contribution in [3.05, 3.63) is 179 Å². The zero-order chi connectivity index (χ0) is 51.1. The molecule has 2 fully saturated rings. The van der Waals surface area contributed by atoms with Crippen LogP contribution >= 0.6 is 11.6 Å². The number of hydrogen-bond acceptors (Lipinski definition) is 9. The quantitative estimate of drug-likeness (QED) is 0.123. The zero-order valence-corrected chi connectivity index (χ0v) is 40.6. The van der Waals surface area contributed by atoms with Gasteiger partial charge in [0.2, 0.25) is 0 Å². The minimum Gasteiger partial charge on any atom is -0.406 e. The number of alkyl halides is 6. The smallest absolute Gasteiger partial charge is 0.406 e. The average molecular weight is 1020 g/mol. The molecule has 5 heterocycles. The van der Waals surface area contributed by atoms with Crippen LogP contribution in [-0.2, 0) is 19.1 Å². The number of ether oxygens (including phenoxy) is 1. The molecule has 2 aliphatic rings. The van der Waals surface area contributed by atoms with Crippen molar-refractivity contribution in [1.29, 1.82) is 0 Å². The summed E-state index contributed by atoms with van der Waals surface area (Å²) in [6.07, 6.45) is -2.38. The number of imidazole rings is 1. The number of nitrogens with zero attached hydrogens (tertiary/aromatic N) is 7. The largest absolute Gasteiger partial charge is 0.573 e. The maximum Gasteiger partial charge on any atom is 0.573 e. The number of benzene rings is 5. The van der Waals surface area contributed by atoms with Crippen LogP contribution in [0.15, 0.2) is 146 Å². The zero-order valence-electron chi connectivity index (χ0n) is 39.8. The molecule has 2 N–H and O–H groups in total. The first kappa shape index (κ1) is 50.4. The Labute approximate surface area is 423 Å². The second kappa shape index (κ2) is 22.1. The van der Waals surface area contributed by atoms with Crippen molar-refractivity contribution in [2.24, 2.45) is 0 Å². The Bertz CT molecular complexity index is 3120. The number of fused-ring (bicyclic) bond motifs is 2. The highest BCUT2D eigenvalue weighted by molar-refractivity contribution is 6.30. The lowest BCUT2D eigenvalue weighted by Gasteiger charge is -2.34. The summed E-state index contributed by atoms with van der Waals surface area (Å²) in [6.45, 7) is 7.28. The van der Waals surface area contributed by atoms with Crippen molar-refractivity contribution >= 4 is 62.6 Å². The van der Waals surface area contributed by atoms with Crippen molar-refractivity contribution in [2.75, 3.05) is 59.3 Å². The number of amides is 1. The second-order valence-electron chi connectivity index (χ2n) is 17.8. The Balaban J connectivity index is 0.000000181. The molecule has 18 heteroatoms. The minimum absolute atomic E-state index is 0.200. The number of halogens is 7. The van der Waals surface area contributed by atoms with Gasteiger partial charge in [-0.15, -0.1) is 13.2 Å². The monoisotopic (exact) mass is 1020 g/mol. The first-order valence-electron chi connectivity index (χ1n) is 24.1. The van der Waals surface area contributed by atoms with Crippen LogP contribution in [0.4, 0.5) is 54.9 Å². The summed E-state index contributed by atoms with van der Waals surface area (Å²) in [4.78, 5) is 33.0. The first-order valence-corrected chi connectivity index (χ1v) is 24.4. The molecule has 0 bridgehead atoms. The molecule has 11 nitrogen and oxygen atoms in total. The van der Waals surface area contributed by atoms with Crippen LogP contribution in [0, 0.1) is 0 Å². The molecular weight excluding hydrogens is 968 g/mol. The third-order valence-corrected chi connectivity index (χ3v) is 13.4. The number of piperidine rings is 1. The summed E-state index contributed by atoms with van der Waals surface area (Å²) >= 11 is 6.14.